The van der Waals surface area contributed by atoms with Gasteiger partial charge in [-0.15, -0.1) is 11.3 Å². The maximum absolute atomic E-state index is 5.73. The third kappa shape index (κ3) is 4.87. The molecule has 6 aromatic rings. The molecule has 4 aromatic carbocycles. The third-order valence-electron chi connectivity index (χ3n) is 5.07. The molecule has 0 spiro atoms. The zero-order valence-corrected chi connectivity index (χ0v) is 20.7. The van der Waals surface area contributed by atoms with E-state index < -0.39 is 0 Å². The maximum atomic E-state index is 5.73. The van der Waals surface area contributed by atoms with E-state index >= 15 is 0 Å². The molecule has 1 nitrogen and oxygen atoms in total. The minimum Gasteiger partial charge on any atom is -0.456 e. The predicted molar refractivity (Wildman–Crippen MR) is 145 cm³/mol. The molecule has 0 fully saturated rings. The van der Waals surface area contributed by atoms with Gasteiger partial charge in [-0.2, -0.15) is 0 Å². The van der Waals surface area contributed by atoms with Gasteiger partial charge >= 0.3 is 0 Å². The van der Waals surface area contributed by atoms with Gasteiger partial charge in [0.25, 0.3) is 0 Å². The largest absolute Gasteiger partial charge is 0.456 e. The Labute approximate surface area is 195 Å². The van der Waals surface area contributed by atoms with E-state index in [9.17, 15) is 0 Å². The van der Waals surface area contributed by atoms with Gasteiger partial charge in [0.2, 0.25) is 0 Å². The van der Waals surface area contributed by atoms with Crippen LogP contribution in [0.25, 0.3) is 42.1 Å². The number of furan rings is 1. The summed E-state index contributed by atoms with van der Waals surface area (Å²) >= 11 is 1.88. The molecule has 0 saturated carbocycles. The highest BCUT2D eigenvalue weighted by molar-refractivity contribution is 7.25. The molecule has 32 heavy (non-hydrogen) atoms. The summed E-state index contributed by atoms with van der Waals surface area (Å²) in [6, 6.07) is 29.7. The molecule has 2 heteroatoms. The van der Waals surface area contributed by atoms with E-state index in [0.717, 1.165) is 11.2 Å². The highest BCUT2D eigenvalue weighted by Gasteiger charge is 2.05. The first-order valence-corrected chi connectivity index (χ1v) is 12.3. The lowest BCUT2D eigenvalue weighted by molar-refractivity contribution is 0.668. The maximum Gasteiger partial charge on any atom is 0.135 e. The first kappa shape index (κ1) is 23.6. The van der Waals surface area contributed by atoms with Crippen LogP contribution in [-0.4, -0.2) is 0 Å². The lowest BCUT2D eigenvalue weighted by Gasteiger charge is -1.92. The second-order valence-corrected chi connectivity index (χ2v) is 8.28. The lowest BCUT2D eigenvalue weighted by Crippen LogP contribution is -1.69. The second kappa shape index (κ2) is 11.0. The Bertz CT molecular complexity index is 1320. The number of thiophene rings is 1. The monoisotopic (exact) mass is 440 g/mol. The van der Waals surface area contributed by atoms with Gasteiger partial charge in [-0.3, -0.25) is 0 Å². The number of hydrogen-bond acceptors (Lipinski definition) is 2. The fourth-order valence-electron chi connectivity index (χ4n) is 3.67. The van der Waals surface area contributed by atoms with Crippen LogP contribution in [0, 0.1) is 13.8 Å². The van der Waals surface area contributed by atoms with Crippen molar-refractivity contribution in [3.63, 3.8) is 0 Å². The molecule has 0 aliphatic carbocycles. The van der Waals surface area contributed by atoms with Crippen molar-refractivity contribution in [2.24, 2.45) is 0 Å². The Morgan fingerprint density at radius 1 is 0.500 bits per heavy atom. The highest BCUT2D eigenvalue weighted by Crippen LogP contribution is 2.33. The molecule has 0 aliphatic heterocycles. The molecule has 0 unspecified atom stereocenters. The first-order chi connectivity index (χ1) is 15.7. The summed E-state index contributed by atoms with van der Waals surface area (Å²) in [6.45, 7) is 12.2. The predicted octanol–water partition coefficient (Wildman–Crippen LogP) is 10.3. The van der Waals surface area contributed by atoms with Crippen molar-refractivity contribution < 1.29 is 4.42 Å². The fraction of sp³-hybridized carbons (Fsp3) is 0.200. The van der Waals surface area contributed by atoms with Crippen molar-refractivity contribution in [3.05, 3.63) is 96.1 Å². The quantitative estimate of drug-likeness (QED) is 0.229. The number of fused-ring (bicyclic) bond motifs is 6. The normalized spacial score (nSPS) is 10.2. The summed E-state index contributed by atoms with van der Waals surface area (Å²) in [5.41, 5.74) is 4.51. The van der Waals surface area contributed by atoms with Crippen molar-refractivity contribution in [3.8, 4) is 0 Å². The molecule has 0 amide bonds. The van der Waals surface area contributed by atoms with E-state index in [4.69, 9.17) is 4.42 Å². The third-order valence-corrected chi connectivity index (χ3v) is 6.20. The Hall–Kier alpha value is -3.10. The molecule has 0 aliphatic rings. The Balaban J connectivity index is 0.000000157. The number of aryl methyl sites for hydroxylation is 2. The summed E-state index contributed by atoms with van der Waals surface area (Å²) < 4.78 is 8.51. The molecule has 6 rings (SSSR count). The SMILES string of the molecule is CC.CC.Cc1ccc2c(c1)oc1ccccc12.Cc1ccc2c(c1)sc1ccccc12. The van der Waals surface area contributed by atoms with Crippen LogP contribution in [0.15, 0.2) is 89.3 Å². The van der Waals surface area contributed by atoms with Gasteiger partial charge in [0.05, 0.1) is 0 Å². The topological polar surface area (TPSA) is 13.1 Å². The average molecular weight is 441 g/mol. The van der Waals surface area contributed by atoms with Crippen LogP contribution >= 0.6 is 11.3 Å². The van der Waals surface area contributed by atoms with Gasteiger partial charge < -0.3 is 4.42 Å². The summed E-state index contributed by atoms with van der Waals surface area (Å²) in [6.07, 6.45) is 0. The Morgan fingerprint density at radius 3 is 1.78 bits per heavy atom. The standard InChI is InChI=1S/C13H10O.C13H10S.2C2H6/c2*1-9-6-7-11-10-4-2-3-5-12(10)14-13(11)8-9;2*1-2/h2*2-8H,1H3;2*1-2H3. The van der Waals surface area contributed by atoms with Crippen molar-refractivity contribution in [1.82, 2.24) is 0 Å². The summed E-state index contributed by atoms with van der Waals surface area (Å²) in [4.78, 5) is 0. The molecule has 2 heterocycles. The number of hydrogen-bond donors (Lipinski definition) is 0. The molecule has 0 bridgehead atoms. The average Bonchev–Trinajstić information content (AvgIpc) is 3.39. The van der Waals surface area contributed by atoms with E-state index in [2.05, 4.69) is 80.6 Å². The molecular weight excluding hydrogens is 408 g/mol. The van der Waals surface area contributed by atoms with Crippen LogP contribution in [-0.2, 0) is 0 Å². The van der Waals surface area contributed by atoms with Gasteiger partial charge in [-0.05, 0) is 49.2 Å². The summed E-state index contributed by atoms with van der Waals surface area (Å²) in [5, 5.41) is 5.16. The van der Waals surface area contributed by atoms with Crippen LogP contribution in [0.2, 0.25) is 0 Å². The van der Waals surface area contributed by atoms with Crippen LogP contribution in [0.5, 0.6) is 0 Å². The summed E-state index contributed by atoms with van der Waals surface area (Å²) in [5.74, 6) is 0. The van der Waals surface area contributed by atoms with E-state index in [1.165, 1.54) is 42.1 Å². The lowest BCUT2D eigenvalue weighted by atomic mass is 10.1. The Morgan fingerprint density at radius 2 is 1.03 bits per heavy atom. The van der Waals surface area contributed by atoms with E-state index in [-0.39, 0.29) is 0 Å². The van der Waals surface area contributed by atoms with Crippen LogP contribution in [0.3, 0.4) is 0 Å². The molecule has 2 aromatic heterocycles. The summed E-state index contributed by atoms with van der Waals surface area (Å²) in [7, 11) is 0. The second-order valence-electron chi connectivity index (χ2n) is 7.20. The van der Waals surface area contributed by atoms with Gasteiger partial charge in [-0.25, -0.2) is 0 Å². The van der Waals surface area contributed by atoms with Crippen molar-refractivity contribution in [1.29, 1.82) is 0 Å². The zero-order valence-electron chi connectivity index (χ0n) is 19.9. The smallest absolute Gasteiger partial charge is 0.135 e. The van der Waals surface area contributed by atoms with Crippen molar-refractivity contribution in [2.45, 2.75) is 41.5 Å². The highest BCUT2D eigenvalue weighted by atomic mass is 32.1. The van der Waals surface area contributed by atoms with E-state index in [0.29, 0.717) is 0 Å². The zero-order chi connectivity index (χ0) is 23.1. The van der Waals surface area contributed by atoms with Crippen LogP contribution < -0.4 is 0 Å². The fourth-order valence-corrected chi connectivity index (χ4v) is 4.87. The minimum absolute atomic E-state index is 0.966. The molecule has 0 N–H and O–H groups in total. The van der Waals surface area contributed by atoms with E-state index in [1.807, 2.05) is 57.2 Å². The number of benzene rings is 4. The van der Waals surface area contributed by atoms with Crippen molar-refractivity contribution in [2.75, 3.05) is 0 Å². The molecule has 0 saturated heterocycles. The molecule has 0 atom stereocenters. The minimum atomic E-state index is 0.966. The van der Waals surface area contributed by atoms with Crippen LogP contribution in [0.4, 0.5) is 0 Å². The number of rotatable bonds is 0. The van der Waals surface area contributed by atoms with Gasteiger partial charge in [0, 0.05) is 30.9 Å². The number of para-hydroxylation sites is 1. The van der Waals surface area contributed by atoms with E-state index in [1.54, 1.807) is 0 Å². The molecule has 0 radical (unpaired) electrons. The van der Waals surface area contributed by atoms with Crippen molar-refractivity contribution >= 4 is 53.4 Å². The van der Waals surface area contributed by atoms with Gasteiger partial charge in [-0.1, -0.05) is 88.4 Å². The molecule has 164 valence electrons. The van der Waals surface area contributed by atoms with Gasteiger partial charge in [0.15, 0.2) is 0 Å². The van der Waals surface area contributed by atoms with Gasteiger partial charge in [0.1, 0.15) is 11.2 Å². The molecular formula is C30H32OS. The van der Waals surface area contributed by atoms with Crippen LogP contribution in [0.1, 0.15) is 38.8 Å². The first-order valence-electron chi connectivity index (χ1n) is 11.4. The Kier molecular flexibility index (Phi) is 8.08.